The number of ether oxygens (including phenoxy) is 2. The molecule has 4 N–H and O–H groups in total. The second-order valence-corrected chi connectivity index (χ2v) is 11.6. The Morgan fingerprint density at radius 3 is 1.34 bits per heavy atom. The van der Waals surface area contributed by atoms with E-state index in [1.165, 1.54) is 47.9 Å². The van der Waals surface area contributed by atoms with Crippen LogP contribution in [0.4, 0.5) is 0 Å². The van der Waals surface area contributed by atoms with Gasteiger partial charge in [-0.2, -0.15) is 0 Å². The van der Waals surface area contributed by atoms with E-state index in [0.29, 0.717) is 24.2 Å². The molecule has 4 aromatic carbocycles. The Labute approximate surface area is 263 Å². The summed E-state index contributed by atoms with van der Waals surface area (Å²) < 4.78 is 10.9. The fraction of sp³-hybridized carbons (Fsp3) is 0.368. The van der Waals surface area contributed by atoms with Crippen LogP contribution in [0.25, 0.3) is 0 Å². The average Bonchev–Trinajstić information content (AvgIpc) is 3.11. The number of benzene rings is 4. The lowest BCUT2D eigenvalue weighted by molar-refractivity contribution is 0.303. The van der Waals surface area contributed by atoms with Crippen LogP contribution in [0.15, 0.2) is 109 Å². The molecule has 2 fully saturated rings. The molecule has 2 saturated heterocycles. The Morgan fingerprint density at radius 1 is 0.545 bits per heavy atom. The molecule has 0 spiro atoms. The van der Waals surface area contributed by atoms with Crippen molar-refractivity contribution in [1.82, 2.24) is 21.3 Å². The summed E-state index contributed by atoms with van der Waals surface area (Å²) in [6.45, 7) is 3.85. The van der Waals surface area contributed by atoms with E-state index in [9.17, 15) is 0 Å². The van der Waals surface area contributed by atoms with E-state index in [2.05, 4.69) is 106 Å². The van der Waals surface area contributed by atoms with Gasteiger partial charge in [-0.15, -0.1) is 0 Å². The number of para-hydroxylation sites is 2. The first-order valence-electron chi connectivity index (χ1n) is 16.0. The second kappa shape index (κ2) is 17.0. The number of hydrogen-bond donors (Lipinski definition) is 4. The molecule has 4 aromatic rings. The van der Waals surface area contributed by atoms with Crippen molar-refractivity contribution < 1.29 is 9.47 Å². The molecule has 2 aliphatic rings. The van der Waals surface area contributed by atoms with E-state index >= 15 is 0 Å². The van der Waals surface area contributed by atoms with Crippen LogP contribution in [0.2, 0.25) is 0 Å². The molecule has 232 valence electrons. The zero-order valence-corrected chi connectivity index (χ0v) is 26.2. The first-order chi connectivity index (χ1) is 21.8. The van der Waals surface area contributed by atoms with Crippen molar-refractivity contribution in [3.63, 3.8) is 0 Å². The normalized spacial score (nSPS) is 21.5. The third-order valence-electron chi connectivity index (χ3n) is 8.73. The summed E-state index contributed by atoms with van der Waals surface area (Å²) in [5.74, 6) is 1.91. The first kappa shape index (κ1) is 31.7. The van der Waals surface area contributed by atoms with Crippen LogP contribution in [0.5, 0.6) is 11.5 Å². The van der Waals surface area contributed by atoms with Crippen molar-refractivity contribution in [2.24, 2.45) is 0 Å². The van der Waals surface area contributed by atoms with Crippen LogP contribution in [-0.2, 0) is 13.1 Å². The smallest absolute Gasteiger partial charge is 0.123 e. The maximum atomic E-state index is 5.44. The summed E-state index contributed by atoms with van der Waals surface area (Å²) in [5.41, 5.74) is 5.14. The Hall–Kier alpha value is -3.68. The zero-order valence-electron chi connectivity index (χ0n) is 26.2. The van der Waals surface area contributed by atoms with Crippen LogP contribution in [0.3, 0.4) is 0 Å². The lowest BCUT2D eigenvalue weighted by Gasteiger charge is -2.34. The second-order valence-electron chi connectivity index (χ2n) is 11.6. The first-order valence-corrected chi connectivity index (χ1v) is 16.0. The fourth-order valence-corrected chi connectivity index (χ4v) is 6.42. The van der Waals surface area contributed by atoms with Crippen LogP contribution in [0, 0.1) is 0 Å². The van der Waals surface area contributed by atoms with Crippen molar-refractivity contribution in [2.45, 2.75) is 62.9 Å². The van der Waals surface area contributed by atoms with Crippen LogP contribution < -0.4 is 30.7 Å². The molecule has 0 aliphatic carbocycles. The highest BCUT2D eigenvalue weighted by Gasteiger charge is 2.26. The molecule has 2 aliphatic heterocycles. The van der Waals surface area contributed by atoms with Crippen molar-refractivity contribution in [3.05, 3.63) is 131 Å². The van der Waals surface area contributed by atoms with E-state index in [0.717, 1.165) is 37.7 Å². The summed E-state index contributed by atoms with van der Waals surface area (Å²) in [6, 6.07) is 39.5. The van der Waals surface area contributed by atoms with E-state index in [-0.39, 0.29) is 0 Å². The Balaban J connectivity index is 0.000000175. The van der Waals surface area contributed by atoms with E-state index in [1.54, 1.807) is 14.2 Å². The molecule has 0 bridgehead atoms. The van der Waals surface area contributed by atoms with Crippen LogP contribution in [0.1, 0.15) is 60.0 Å². The van der Waals surface area contributed by atoms with Gasteiger partial charge >= 0.3 is 0 Å². The standard InChI is InChI=1S/2C19H24N2O/c2*1-22-18-12-6-5-10-16(18)14-21-17-11-7-13-20-19(17)15-8-3-2-4-9-15/h2*2-6,8-10,12,17,19-21H,7,11,13-14H2,1H3/t2*17-,19-/m00/s1. The summed E-state index contributed by atoms with van der Waals surface area (Å²) in [4.78, 5) is 0. The third-order valence-corrected chi connectivity index (χ3v) is 8.73. The number of rotatable bonds is 10. The van der Waals surface area contributed by atoms with Gasteiger partial charge in [-0.25, -0.2) is 0 Å². The van der Waals surface area contributed by atoms with Gasteiger partial charge in [-0.3, -0.25) is 0 Å². The molecule has 0 amide bonds. The van der Waals surface area contributed by atoms with Gasteiger partial charge in [0.25, 0.3) is 0 Å². The molecule has 6 rings (SSSR count). The highest BCUT2D eigenvalue weighted by Crippen LogP contribution is 2.26. The van der Waals surface area contributed by atoms with E-state index in [1.807, 2.05) is 24.3 Å². The zero-order chi connectivity index (χ0) is 30.4. The van der Waals surface area contributed by atoms with E-state index in [4.69, 9.17) is 9.47 Å². The number of hydrogen-bond acceptors (Lipinski definition) is 6. The fourth-order valence-electron chi connectivity index (χ4n) is 6.42. The number of piperidine rings is 2. The molecule has 0 radical (unpaired) electrons. The molecule has 44 heavy (non-hydrogen) atoms. The molecule has 0 unspecified atom stereocenters. The van der Waals surface area contributed by atoms with Gasteiger partial charge in [-0.1, -0.05) is 97.1 Å². The van der Waals surface area contributed by atoms with Gasteiger partial charge in [0.1, 0.15) is 11.5 Å². The van der Waals surface area contributed by atoms with Gasteiger partial charge < -0.3 is 30.7 Å². The molecular formula is C38H48N4O2. The van der Waals surface area contributed by atoms with Crippen LogP contribution >= 0.6 is 0 Å². The molecule has 2 heterocycles. The van der Waals surface area contributed by atoms with Crippen molar-refractivity contribution in [1.29, 1.82) is 0 Å². The Bertz CT molecular complexity index is 1280. The van der Waals surface area contributed by atoms with E-state index < -0.39 is 0 Å². The summed E-state index contributed by atoms with van der Waals surface area (Å²) >= 11 is 0. The SMILES string of the molecule is COc1ccccc1CN[C@H]1CCCN[C@H]1c1ccccc1.COc1ccccc1CN[C@H]1CCCN[C@H]1c1ccccc1. The van der Waals surface area contributed by atoms with Gasteiger partial charge in [0, 0.05) is 48.4 Å². The van der Waals surface area contributed by atoms with Crippen molar-refractivity contribution in [3.8, 4) is 11.5 Å². The quantitative estimate of drug-likeness (QED) is 0.167. The predicted octanol–water partition coefficient (Wildman–Crippen LogP) is 6.56. The maximum absolute atomic E-state index is 5.44. The largest absolute Gasteiger partial charge is 0.496 e. The molecule has 0 saturated carbocycles. The monoisotopic (exact) mass is 592 g/mol. The van der Waals surface area contributed by atoms with Gasteiger partial charge in [0.2, 0.25) is 0 Å². The molecule has 4 atom stereocenters. The summed E-state index contributed by atoms with van der Waals surface area (Å²) in [5, 5.41) is 14.8. The lowest BCUT2D eigenvalue weighted by atomic mass is 9.92. The average molecular weight is 593 g/mol. The van der Waals surface area contributed by atoms with Crippen LogP contribution in [-0.4, -0.2) is 39.4 Å². The lowest BCUT2D eigenvalue weighted by Crippen LogP contribution is -2.45. The summed E-state index contributed by atoms with van der Waals surface area (Å²) in [7, 11) is 3.46. The number of nitrogens with one attached hydrogen (secondary N) is 4. The minimum Gasteiger partial charge on any atom is -0.496 e. The summed E-state index contributed by atoms with van der Waals surface area (Å²) in [6.07, 6.45) is 4.82. The Kier molecular flexibility index (Phi) is 12.2. The molecule has 6 heteroatoms. The van der Waals surface area contributed by atoms with Gasteiger partial charge in [0.05, 0.1) is 14.2 Å². The highest BCUT2D eigenvalue weighted by atomic mass is 16.5. The third kappa shape index (κ3) is 8.70. The predicted molar refractivity (Wildman–Crippen MR) is 180 cm³/mol. The minimum absolute atomic E-state index is 0.379. The molecule has 6 nitrogen and oxygen atoms in total. The molecular weight excluding hydrogens is 544 g/mol. The topological polar surface area (TPSA) is 66.6 Å². The van der Waals surface area contributed by atoms with Gasteiger partial charge in [0.15, 0.2) is 0 Å². The maximum Gasteiger partial charge on any atom is 0.123 e. The number of methoxy groups -OCH3 is 2. The van der Waals surface area contributed by atoms with Gasteiger partial charge in [-0.05, 0) is 62.0 Å². The minimum atomic E-state index is 0.379. The van der Waals surface area contributed by atoms with Crippen molar-refractivity contribution in [2.75, 3.05) is 27.3 Å². The Morgan fingerprint density at radius 2 is 0.932 bits per heavy atom. The van der Waals surface area contributed by atoms with Crippen molar-refractivity contribution >= 4 is 0 Å². The molecule has 0 aromatic heterocycles. The highest BCUT2D eigenvalue weighted by molar-refractivity contribution is 5.34.